The lowest BCUT2D eigenvalue weighted by atomic mass is 9.92. The number of hydrogen-bond acceptors (Lipinski definition) is 3. The summed E-state index contributed by atoms with van der Waals surface area (Å²) in [6.45, 7) is 8.65. The van der Waals surface area contributed by atoms with Crippen LogP contribution in [0.5, 0.6) is 0 Å². The molecule has 0 bridgehead atoms. The lowest BCUT2D eigenvalue weighted by molar-refractivity contribution is -0.134. The maximum Gasteiger partial charge on any atom is 0.245 e. The summed E-state index contributed by atoms with van der Waals surface area (Å²) in [6.07, 6.45) is 1.03. The number of benzene rings is 2. The van der Waals surface area contributed by atoms with E-state index in [9.17, 15) is 9.59 Å². The zero-order chi connectivity index (χ0) is 24.0. The molecule has 3 rings (SSSR count). The first-order valence-electron chi connectivity index (χ1n) is 11.2. The van der Waals surface area contributed by atoms with Gasteiger partial charge in [0.1, 0.15) is 5.82 Å². The molecule has 174 valence electrons. The van der Waals surface area contributed by atoms with Crippen LogP contribution in [-0.4, -0.2) is 39.6 Å². The quantitative estimate of drug-likeness (QED) is 0.493. The first-order chi connectivity index (χ1) is 15.7. The van der Waals surface area contributed by atoms with Crippen molar-refractivity contribution in [3.63, 3.8) is 0 Å². The highest BCUT2D eigenvalue weighted by atomic mass is 35.5. The monoisotopic (exact) mass is 466 g/mol. The van der Waals surface area contributed by atoms with Crippen LogP contribution >= 0.6 is 11.6 Å². The number of carbonyl (C=O) groups is 2. The zero-order valence-electron chi connectivity index (χ0n) is 19.6. The normalized spacial score (nSPS) is 11.3. The van der Waals surface area contributed by atoms with Crippen LogP contribution in [-0.2, 0) is 21.4 Å². The Morgan fingerprint density at radius 3 is 2.36 bits per heavy atom. The molecule has 0 unspecified atom stereocenters. The van der Waals surface area contributed by atoms with Gasteiger partial charge in [-0.1, -0.05) is 81.8 Å². The van der Waals surface area contributed by atoms with Gasteiger partial charge in [0.25, 0.3) is 0 Å². The average molecular weight is 467 g/mol. The summed E-state index contributed by atoms with van der Waals surface area (Å²) in [5, 5.41) is 8.18. The minimum Gasteiger partial charge on any atom is -0.333 e. The van der Waals surface area contributed by atoms with Crippen LogP contribution in [0.4, 0.5) is 5.82 Å². The van der Waals surface area contributed by atoms with E-state index in [4.69, 9.17) is 16.7 Å². The van der Waals surface area contributed by atoms with E-state index in [2.05, 4.69) is 26.1 Å². The van der Waals surface area contributed by atoms with Crippen LogP contribution in [0.25, 0.3) is 5.69 Å². The number of halogens is 1. The third-order valence-electron chi connectivity index (χ3n) is 5.20. The Kier molecular flexibility index (Phi) is 7.92. The molecule has 7 heteroatoms. The number of carbonyl (C=O) groups excluding carboxylic acids is 2. The van der Waals surface area contributed by atoms with E-state index < -0.39 is 0 Å². The molecular weight excluding hydrogens is 436 g/mol. The van der Waals surface area contributed by atoms with Crippen molar-refractivity contribution in [1.29, 1.82) is 0 Å². The van der Waals surface area contributed by atoms with Gasteiger partial charge in [-0.25, -0.2) is 4.68 Å². The molecule has 0 saturated carbocycles. The minimum absolute atomic E-state index is 0.0297. The molecule has 33 heavy (non-hydrogen) atoms. The van der Waals surface area contributed by atoms with Crippen LogP contribution in [0.2, 0.25) is 5.02 Å². The van der Waals surface area contributed by atoms with E-state index in [1.807, 2.05) is 61.5 Å². The van der Waals surface area contributed by atoms with Gasteiger partial charge in [-0.15, -0.1) is 0 Å². The van der Waals surface area contributed by atoms with Gasteiger partial charge in [0.05, 0.1) is 29.4 Å². The molecule has 3 aromatic rings. The molecule has 0 aliphatic heterocycles. The van der Waals surface area contributed by atoms with Crippen LogP contribution < -0.4 is 5.32 Å². The van der Waals surface area contributed by atoms with E-state index in [-0.39, 0.29) is 30.2 Å². The van der Waals surface area contributed by atoms with Crippen LogP contribution in [0.3, 0.4) is 0 Å². The second kappa shape index (κ2) is 10.7. The van der Waals surface area contributed by atoms with Gasteiger partial charge < -0.3 is 10.2 Å². The molecule has 1 aromatic heterocycles. The van der Waals surface area contributed by atoms with Gasteiger partial charge in [-0.3, -0.25) is 9.59 Å². The Labute approximate surface area is 200 Å². The number of hydrogen-bond donors (Lipinski definition) is 1. The van der Waals surface area contributed by atoms with E-state index >= 15 is 0 Å². The van der Waals surface area contributed by atoms with Crippen molar-refractivity contribution in [2.75, 3.05) is 18.4 Å². The number of para-hydroxylation sites is 1. The number of anilines is 1. The van der Waals surface area contributed by atoms with E-state index in [1.54, 1.807) is 15.6 Å². The predicted molar refractivity (Wildman–Crippen MR) is 133 cm³/mol. The van der Waals surface area contributed by atoms with Crippen molar-refractivity contribution in [1.82, 2.24) is 14.7 Å². The highest BCUT2D eigenvalue weighted by molar-refractivity contribution is 6.32. The molecule has 0 saturated heterocycles. The second-order valence-corrected chi connectivity index (χ2v) is 9.46. The second-order valence-electron chi connectivity index (χ2n) is 9.05. The highest BCUT2D eigenvalue weighted by Crippen LogP contribution is 2.29. The fourth-order valence-corrected chi connectivity index (χ4v) is 3.66. The fraction of sp³-hybridized carbons (Fsp3) is 0.346. The van der Waals surface area contributed by atoms with Gasteiger partial charge in [-0.2, -0.15) is 5.10 Å². The molecular formula is C26H31ClN4O2. The molecule has 0 radical (unpaired) electrons. The molecule has 0 atom stereocenters. The summed E-state index contributed by atoms with van der Waals surface area (Å²) in [5.74, 6) is 0.164. The molecule has 1 N–H and O–H groups in total. The van der Waals surface area contributed by atoms with E-state index in [1.165, 1.54) is 0 Å². The molecule has 0 fully saturated rings. The zero-order valence-corrected chi connectivity index (χ0v) is 20.4. The summed E-state index contributed by atoms with van der Waals surface area (Å²) >= 11 is 6.41. The summed E-state index contributed by atoms with van der Waals surface area (Å²) in [6, 6.07) is 18.8. The molecule has 2 amide bonds. The Morgan fingerprint density at radius 1 is 1.06 bits per heavy atom. The van der Waals surface area contributed by atoms with E-state index in [0.717, 1.165) is 17.7 Å². The standard InChI is InChI=1S/C26H31ClN4O2/c1-5-15-30(25(33)16-19-11-7-6-8-12-19)18-24(32)28-23-17-22(26(2,3)4)29-31(23)21-14-10-9-13-20(21)27/h6-14,17H,5,15-16,18H2,1-4H3,(H,28,32). The van der Waals surface area contributed by atoms with Gasteiger partial charge in [0.15, 0.2) is 0 Å². The van der Waals surface area contributed by atoms with Crippen molar-refractivity contribution in [2.45, 2.75) is 46.0 Å². The first kappa shape index (κ1) is 24.5. The fourth-order valence-electron chi connectivity index (χ4n) is 3.44. The Balaban J connectivity index is 1.81. The Bertz CT molecular complexity index is 1100. The van der Waals surface area contributed by atoms with Crippen molar-refractivity contribution in [3.8, 4) is 5.69 Å². The number of aromatic nitrogens is 2. The maximum atomic E-state index is 13.0. The Hall–Kier alpha value is -3.12. The van der Waals surface area contributed by atoms with Gasteiger partial charge in [0.2, 0.25) is 11.8 Å². The van der Waals surface area contributed by atoms with Crippen molar-refractivity contribution in [2.24, 2.45) is 0 Å². The predicted octanol–water partition coefficient (Wildman–Crippen LogP) is 5.24. The largest absolute Gasteiger partial charge is 0.333 e. The number of amides is 2. The smallest absolute Gasteiger partial charge is 0.245 e. The van der Waals surface area contributed by atoms with Crippen molar-refractivity contribution >= 4 is 29.2 Å². The molecule has 0 aliphatic rings. The molecule has 6 nitrogen and oxygen atoms in total. The number of nitrogens with one attached hydrogen (secondary N) is 1. The summed E-state index contributed by atoms with van der Waals surface area (Å²) < 4.78 is 1.65. The van der Waals surface area contributed by atoms with Gasteiger partial charge in [0, 0.05) is 18.0 Å². The third-order valence-corrected chi connectivity index (χ3v) is 5.52. The topological polar surface area (TPSA) is 67.2 Å². The van der Waals surface area contributed by atoms with Crippen LogP contribution in [0.1, 0.15) is 45.4 Å². The average Bonchev–Trinajstić information content (AvgIpc) is 3.18. The minimum atomic E-state index is -0.279. The molecule has 2 aromatic carbocycles. The van der Waals surface area contributed by atoms with Crippen molar-refractivity contribution in [3.05, 3.63) is 76.9 Å². The lowest BCUT2D eigenvalue weighted by Crippen LogP contribution is -2.39. The Morgan fingerprint density at radius 2 is 1.73 bits per heavy atom. The number of rotatable bonds is 8. The third kappa shape index (κ3) is 6.45. The van der Waals surface area contributed by atoms with Gasteiger partial charge in [-0.05, 0) is 24.1 Å². The maximum absolute atomic E-state index is 13.0. The first-order valence-corrected chi connectivity index (χ1v) is 11.5. The molecule has 1 heterocycles. The SMILES string of the molecule is CCCN(CC(=O)Nc1cc(C(C)(C)C)nn1-c1ccccc1Cl)C(=O)Cc1ccccc1. The number of nitrogens with zero attached hydrogens (tertiary/aromatic N) is 3. The lowest BCUT2D eigenvalue weighted by Gasteiger charge is -2.22. The highest BCUT2D eigenvalue weighted by Gasteiger charge is 2.23. The molecule has 0 aliphatic carbocycles. The molecule has 0 spiro atoms. The van der Waals surface area contributed by atoms with E-state index in [0.29, 0.717) is 23.1 Å². The summed E-state index contributed by atoms with van der Waals surface area (Å²) in [4.78, 5) is 27.5. The van der Waals surface area contributed by atoms with Crippen molar-refractivity contribution < 1.29 is 9.59 Å². The summed E-state index contributed by atoms with van der Waals surface area (Å²) in [5.41, 5.74) is 2.21. The summed E-state index contributed by atoms with van der Waals surface area (Å²) in [7, 11) is 0. The van der Waals surface area contributed by atoms with Gasteiger partial charge >= 0.3 is 0 Å². The van der Waals surface area contributed by atoms with Crippen LogP contribution in [0.15, 0.2) is 60.7 Å². The van der Waals surface area contributed by atoms with Crippen LogP contribution in [0, 0.1) is 0 Å².